The van der Waals surface area contributed by atoms with Crippen molar-refractivity contribution in [1.82, 2.24) is 10.2 Å². The number of allylic oxidation sites excluding steroid dienone is 2. The molecule has 8 aliphatic rings. The maximum atomic E-state index is 15.0. The summed E-state index contributed by atoms with van der Waals surface area (Å²) in [6.07, 6.45) is 20.1. The number of aliphatic hydroxyl groups excluding tert-OH is 2. The van der Waals surface area contributed by atoms with Crippen molar-refractivity contribution in [3.05, 3.63) is 11.6 Å². The molecule has 8 rings (SSSR count). The SMILES string of the molecule is CC1CCC1[C@@H]1CC[C@]2(C(=O)C=C3CCC(C(O)NCCN4CCOCC4)CC3)CC[C@]3(C)C(CC[C@@H]4[C@@]5(C)CC[C@H](O)C(C)(C)[C@@H]5CC[C@]43C)[C@@H]12. The topological polar surface area (TPSA) is 82.0 Å². The third kappa shape index (κ3) is 5.90. The molecule has 6 heteroatoms. The van der Waals surface area contributed by atoms with Gasteiger partial charge in [0.1, 0.15) is 6.23 Å². The summed E-state index contributed by atoms with van der Waals surface area (Å²) in [6, 6.07) is 0. The van der Waals surface area contributed by atoms with Crippen LogP contribution in [-0.2, 0) is 9.53 Å². The minimum Gasteiger partial charge on any atom is -0.393 e. The van der Waals surface area contributed by atoms with Gasteiger partial charge in [-0.15, -0.1) is 0 Å². The summed E-state index contributed by atoms with van der Waals surface area (Å²) < 4.78 is 5.48. The number of carbonyl (C=O) groups is 1. The molecular weight excluding hydrogens is 645 g/mol. The quantitative estimate of drug-likeness (QED) is 0.173. The second-order valence-electron chi connectivity index (χ2n) is 21.5. The summed E-state index contributed by atoms with van der Waals surface area (Å²) in [5, 5.41) is 25.6. The molecule has 1 saturated heterocycles. The lowest BCUT2D eigenvalue weighted by atomic mass is 9.32. The van der Waals surface area contributed by atoms with E-state index in [4.69, 9.17) is 4.74 Å². The van der Waals surface area contributed by atoms with Gasteiger partial charge in [-0.25, -0.2) is 0 Å². The minimum absolute atomic E-state index is 0.0125. The van der Waals surface area contributed by atoms with Crippen molar-refractivity contribution in [2.45, 2.75) is 157 Å². The zero-order valence-electron chi connectivity index (χ0n) is 34.1. The van der Waals surface area contributed by atoms with E-state index in [1.54, 1.807) is 0 Å². The maximum Gasteiger partial charge on any atom is 0.162 e. The molecule has 294 valence electrons. The Labute approximate surface area is 317 Å². The predicted molar refractivity (Wildman–Crippen MR) is 208 cm³/mol. The standard InChI is InChI=1S/C46H76N2O4/c1-30-7-12-33(30)34-15-20-46(39(50)29-31-8-10-32(11-9-31)41(51)47-23-24-48-25-27-52-28-26-48)22-21-44(5)35(40(34)46)13-14-37-43(4)18-17-38(49)42(2,3)36(43)16-19-45(37,44)6/h29-30,32-38,40-41,47,49,51H,7-28H2,1-6H3/t30?,32?,33?,34-,35?,36-,37+,38-,40+,41?,43-,44+,45+,46+/m0/s1. The van der Waals surface area contributed by atoms with Crippen molar-refractivity contribution >= 4 is 5.78 Å². The van der Waals surface area contributed by atoms with Crippen LogP contribution in [0.3, 0.4) is 0 Å². The molecule has 1 heterocycles. The molecule has 0 amide bonds. The predicted octanol–water partition coefficient (Wildman–Crippen LogP) is 8.40. The van der Waals surface area contributed by atoms with Crippen LogP contribution in [0, 0.1) is 74.4 Å². The number of hydrogen-bond acceptors (Lipinski definition) is 6. The van der Waals surface area contributed by atoms with Gasteiger partial charge in [-0.1, -0.05) is 53.5 Å². The second kappa shape index (κ2) is 14.0. The van der Waals surface area contributed by atoms with E-state index in [2.05, 4.69) is 57.8 Å². The number of hydrogen-bond donors (Lipinski definition) is 3. The van der Waals surface area contributed by atoms with Gasteiger partial charge in [0.05, 0.1) is 19.3 Å². The van der Waals surface area contributed by atoms with Gasteiger partial charge in [0.2, 0.25) is 0 Å². The normalized spacial score (nSPS) is 49.5. The van der Waals surface area contributed by atoms with E-state index < -0.39 is 6.23 Å². The lowest BCUT2D eigenvalue weighted by Gasteiger charge is -2.73. The van der Waals surface area contributed by atoms with E-state index in [1.807, 2.05) is 0 Å². The van der Waals surface area contributed by atoms with Gasteiger partial charge < -0.3 is 14.9 Å². The average Bonchev–Trinajstić information content (AvgIpc) is 3.50. The van der Waals surface area contributed by atoms with E-state index in [9.17, 15) is 10.2 Å². The fourth-order valence-electron chi connectivity index (χ4n) is 16.0. The molecule has 52 heavy (non-hydrogen) atoms. The number of fused-ring (bicyclic) bond motifs is 7. The molecular formula is C46H76N2O4. The molecule has 0 bridgehead atoms. The number of carbonyl (C=O) groups excluding carboxylic acids is 1. The Hall–Kier alpha value is -0.790. The Balaban J connectivity index is 0.996. The third-order valence-corrected chi connectivity index (χ3v) is 19.5. The molecule has 3 N–H and O–H groups in total. The zero-order chi connectivity index (χ0) is 36.7. The van der Waals surface area contributed by atoms with Crippen molar-refractivity contribution in [3.63, 3.8) is 0 Å². The van der Waals surface area contributed by atoms with E-state index in [1.165, 1.54) is 63.4 Å². The molecule has 6 nitrogen and oxygen atoms in total. The van der Waals surface area contributed by atoms with E-state index in [-0.39, 0.29) is 28.3 Å². The van der Waals surface area contributed by atoms with Crippen molar-refractivity contribution in [2.24, 2.45) is 74.4 Å². The second-order valence-corrected chi connectivity index (χ2v) is 21.5. The summed E-state index contributed by atoms with van der Waals surface area (Å²) >= 11 is 0. The first-order valence-corrected chi connectivity index (χ1v) is 22.4. The molecule has 1 aliphatic heterocycles. The van der Waals surface area contributed by atoms with Crippen LogP contribution < -0.4 is 5.32 Å². The monoisotopic (exact) mass is 721 g/mol. The Morgan fingerprint density at radius 2 is 1.60 bits per heavy atom. The molecule has 7 saturated carbocycles. The van der Waals surface area contributed by atoms with Crippen LogP contribution in [0.15, 0.2) is 11.6 Å². The van der Waals surface area contributed by atoms with Crippen molar-refractivity contribution in [3.8, 4) is 0 Å². The van der Waals surface area contributed by atoms with Crippen LogP contribution in [0.4, 0.5) is 0 Å². The molecule has 0 spiro atoms. The Morgan fingerprint density at radius 3 is 2.29 bits per heavy atom. The van der Waals surface area contributed by atoms with Gasteiger partial charge in [0.25, 0.3) is 0 Å². The average molecular weight is 721 g/mol. The summed E-state index contributed by atoms with van der Waals surface area (Å²) in [6.45, 7) is 20.7. The first kappa shape index (κ1) is 38.1. The van der Waals surface area contributed by atoms with Crippen molar-refractivity contribution in [1.29, 1.82) is 0 Å². The van der Waals surface area contributed by atoms with E-state index in [0.29, 0.717) is 46.2 Å². The minimum atomic E-state index is -0.462. The van der Waals surface area contributed by atoms with Gasteiger partial charge in [-0.05, 0) is 171 Å². The van der Waals surface area contributed by atoms with Crippen molar-refractivity contribution < 1.29 is 19.7 Å². The van der Waals surface area contributed by atoms with Crippen LogP contribution in [0.25, 0.3) is 0 Å². The summed E-state index contributed by atoms with van der Waals surface area (Å²) in [5.41, 5.74) is 2.02. The largest absolute Gasteiger partial charge is 0.393 e. The molecule has 0 aromatic carbocycles. The third-order valence-electron chi connectivity index (χ3n) is 19.5. The highest BCUT2D eigenvalue weighted by molar-refractivity contribution is 5.96. The number of nitrogens with zero attached hydrogens (tertiary/aromatic N) is 1. The first-order valence-electron chi connectivity index (χ1n) is 22.4. The van der Waals surface area contributed by atoms with Crippen LogP contribution in [0.1, 0.15) is 144 Å². The van der Waals surface area contributed by atoms with Gasteiger partial charge >= 0.3 is 0 Å². The van der Waals surface area contributed by atoms with Gasteiger partial charge in [-0.3, -0.25) is 15.0 Å². The maximum absolute atomic E-state index is 15.0. The molecule has 0 aromatic heterocycles. The lowest BCUT2D eigenvalue weighted by molar-refractivity contribution is -0.248. The van der Waals surface area contributed by atoms with Crippen LogP contribution in [0.5, 0.6) is 0 Å². The highest BCUT2D eigenvalue weighted by Crippen LogP contribution is 2.78. The molecule has 0 radical (unpaired) electrons. The molecule has 13 atom stereocenters. The fourth-order valence-corrected chi connectivity index (χ4v) is 16.0. The highest BCUT2D eigenvalue weighted by Gasteiger charge is 2.72. The summed E-state index contributed by atoms with van der Waals surface area (Å²) in [7, 11) is 0. The molecule has 8 fully saturated rings. The van der Waals surface area contributed by atoms with Crippen LogP contribution >= 0.6 is 0 Å². The van der Waals surface area contributed by atoms with Crippen LogP contribution in [0.2, 0.25) is 0 Å². The summed E-state index contributed by atoms with van der Waals surface area (Å²) in [5.74, 6) is 5.56. The number of ether oxygens (including phenoxy) is 1. The fraction of sp³-hybridized carbons (Fsp3) is 0.935. The molecule has 7 aliphatic carbocycles. The highest BCUT2D eigenvalue weighted by atomic mass is 16.5. The van der Waals surface area contributed by atoms with Gasteiger partial charge in [0, 0.05) is 31.6 Å². The van der Waals surface area contributed by atoms with Crippen LogP contribution in [-0.4, -0.2) is 72.6 Å². The molecule has 4 unspecified atom stereocenters. The summed E-state index contributed by atoms with van der Waals surface area (Å²) in [4.78, 5) is 17.5. The van der Waals surface area contributed by atoms with Crippen molar-refractivity contribution in [2.75, 3.05) is 39.4 Å². The van der Waals surface area contributed by atoms with Gasteiger partial charge in [-0.2, -0.15) is 0 Å². The number of ketones is 1. The number of nitrogens with one attached hydrogen (secondary N) is 1. The number of aliphatic hydroxyl groups is 2. The van der Waals surface area contributed by atoms with Gasteiger partial charge in [0.15, 0.2) is 5.78 Å². The Bertz CT molecular complexity index is 1350. The first-order chi connectivity index (χ1) is 24.7. The van der Waals surface area contributed by atoms with E-state index >= 15 is 4.79 Å². The molecule has 0 aromatic rings. The lowest BCUT2D eigenvalue weighted by Crippen LogP contribution is -2.67. The number of morpholine rings is 1. The zero-order valence-corrected chi connectivity index (χ0v) is 34.1. The Kier molecular flexibility index (Phi) is 10.3. The Morgan fingerprint density at radius 1 is 0.846 bits per heavy atom. The number of rotatable bonds is 8. The smallest absolute Gasteiger partial charge is 0.162 e. The van der Waals surface area contributed by atoms with E-state index in [0.717, 1.165) is 96.2 Å².